The second kappa shape index (κ2) is 7.07. The van der Waals surface area contributed by atoms with Crippen molar-refractivity contribution < 1.29 is 4.39 Å². The summed E-state index contributed by atoms with van der Waals surface area (Å²) in [6.07, 6.45) is 1.01. The van der Waals surface area contributed by atoms with Crippen molar-refractivity contribution in [3.8, 4) is 0 Å². The predicted octanol–water partition coefficient (Wildman–Crippen LogP) is 5.22. The molecule has 0 fully saturated rings. The van der Waals surface area contributed by atoms with Gasteiger partial charge in [-0.25, -0.2) is 4.39 Å². The van der Waals surface area contributed by atoms with Crippen molar-refractivity contribution in [1.29, 1.82) is 0 Å². The molecule has 0 saturated carbocycles. The number of rotatable bonds is 5. The molecule has 1 N–H and O–H groups in total. The Hall–Kier alpha value is -1.09. The second-order valence-electron chi connectivity index (χ2n) is 4.62. The summed E-state index contributed by atoms with van der Waals surface area (Å²) in [6, 6.07) is 12.4. The van der Waals surface area contributed by atoms with Gasteiger partial charge in [-0.3, -0.25) is 0 Å². The molecule has 2 rings (SSSR count). The fraction of sp³-hybridized carbons (Fsp3) is 0.250. The van der Waals surface area contributed by atoms with E-state index in [9.17, 15) is 4.39 Å². The standard InChI is InChI=1S/C16H16Cl2FN/c1-2-8-20-16(11-4-3-5-13(17)9-11)12-6-7-15(19)14(18)10-12/h3-7,9-10,16,20H,2,8H2,1H3. The number of halogens is 3. The van der Waals surface area contributed by atoms with Gasteiger partial charge in [-0.05, 0) is 48.4 Å². The maximum absolute atomic E-state index is 13.3. The molecule has 0 saturated heterocycles. The molecule has 4 heteroatoms. The van der Waals surface area contributed by atoms with Gasteiger partial charge < -0.3 is 5.32 Å². The molecular formula is C16H16Cl2FN. The predicted molar refractivity (Wildman–Crippen MR) is 83.0 cm³/mol. The Balaban J connectivity index is 2.38. The average molecular weight is 312 g/mol. The minimum absolute atomic E-state index is 0.0493. The zero-order chi connectivity index (χ0) is 14.5. The third kappa shape index (κ3) is 3.72. The molecule has 0 amide bonds. The van der Waals surface area contributed by atoms with E-state index in [0.717, 1.165) is 24.1 Å². The molecule has 0 spiro atoms. The molecule has 1 nitrogen and oxygen atoms in total. The van der Waals surface area contributed by atoms with Crippen LogP contribution in [0.25, 0.3) is 0 Å². The first kappa shape index (κ1) is 15.3. The summed E-state index contributed by atoms with van der Waals surface area (Å²) in [5.41, 5.74) is 1.96. The minimum atomic E-state index is -0.407. The zero-order valence-corrected chi connectivity index (χ0v) is 12.7. The average Bonchev–Trinajstić information content (AvgIpc) is 2.43. The maximum Gasteiger partial charge on any atom is 0.141 e. The molecule has 0 aliphatic rings. The summed E-state index contributed by atoms with van der Waals surface area (Å²) >= 11 is 11.9. The fourth-order valence-corrected chi connectivity index (χ4v) is 2.48. The van der Waals surface area contributed by atoms with Gasteiger partial charge in [0, 0.05) is 5.02 Å². The number of benzene rings is 2. The molecule has 0 bridgehead atoms. The third-order valence-corrected chi connectivity index (χ3v) is 3.58. The summed E-state index contributed by atoms with van der Waals surface area (Å²) in [5.74, 6) is -0.407. The summed E-state index contributed by atoms with van der Waals surface area (Å²) in [4.78, 5) is 0. The van der Waals surface area contributed by atoms with Crippen LogP contribution >= 0.6 is 23.2 Å². The lowest BCUT2D eigenvalue weighted by Gasteiger charge is -2.20. The largest absolute Gasteiger partial charge is 0.306 e. The normalized spacial score (nSPS) is 12.4. The van der Waals surface area contributed by atoms with Crippen molar-refractivity contribution in [2.24, 2.45) is 0 Å². The first-order valence-electron chi connectivity index (χ1n) is 6.55. The van der Waals surface area contributed by atoms with Gasteiger partial charge in [0.05, 0.1) is 11.1 Å². The quantitative estimate of drug-likeness (QED) is 0.798. The van der Waals surface area contributed by atoms with E-state index in [0.29, 0.717) is 5.02 Å². The van der Waals surface area contributed by atoms with E-state index >= 15 is 0 Å². The number of hydrogen-bond donors (Lipinski definition) is 1. The Morgan fingerprint density at radius 1 is 1.10 bits per heavy atom. The van der Waals surface area contributed by atoms with Crippen LogP contribution in [0.2, 0.25) is 10.0 Å². The highest BCUT2D eigenvalue weighted by Crippen LogP contribution is 2.27. The van der Waals surface area contributed by atoms with Gasteiger partial charge in [0.1, 0.15) is 5.82 Å². The lowest BCUT2D eigenvalue weighted by molar-refractivity contribution is 0.593. The van der Waals surface area contributed by atoms with E-state index < -0.39 is 5.82 Å². The Bertz CT molecular complexity index is 586. The van der Waals surface area contributed by atoms with Crippen LogP contribution in [0, 0.1) is 5.82 Å². The Labute approximate surface area is 128 Å². The molecule has 20 heavy (non-hydrogen) atoms. The maximum atomic E-state index is 13.3. The Morgan fingerprint density at radius 3 is 2.50 bits per heavy atom. The topological polar surface area (TPSA) is 12.0 Å². The number of nitrogens with one attached hydrogen (secondary N) is 1. The van der Waals surface area contributed by atoms with E-state index in [-0.39, 0.29) is 11.1 Å². The molecule has 1 unspecified atom stereocenters. The van der Waals surface area contributed by atoms with E-state index in [1.165, 1.54) is 6.07 Å². The van der Waals surface area contributed by atoms with E-state index in [4.69, 9.17) is 23.2 Å². The molecule has 1 atom stereocenters. The Morgan fingerprint density at radius 2 is 1.85 bits per heavy atom. The summed E-state index contributed by atoms with van der Waals surface area (Å²) in [7, 11) is 0. The van der Waals surface area contributed by atoms with Crippen molar-refractivity contribution in [3.63, 3.8) is 0 Å². The molecule has 106 valence electrons. The van der Waals surface area contributed by atoms with Crippen molar-refractivity contribution in [1.82, 2.24) is 5.32 Å². The molecule has 0 heterocycles. The van der Waals surface area contributed by atoms with Gasteiger partial charge in [-0.15, -0.1) is 0 Å². The molecular weight excluding hydrogens is 296 g/mol. The highest BCUT2D eigenvalue weighted by molar-refractivity contribution is 6.31. The van der Waals surface area contributed by atoms with E-state index in [1.807, 2.05) is 24.3 Å². The third-order valence-electron chi connectivity index (χ3n) is 3.06. The van der Waals surface area contributed by atoms with Gasteiger partial charge in [-0.1, -0.05) is 48.3 Å². The lowest BCUT2D eigenvalue weighted by Crippen LogP contribution is -2.23. The van der Waals surface area contributed by atoms with Crippen LogP contribution in [-0.4, -0.2) is 6.54 Å². The molecule has 0 radical (unpaired) electrons. The van der Waals surface area contributed by atoms with Crippen LogP contribution in [0.4, 0.5) is 4.39 Å². The summed E-state index contributed by atoms with van der Waals surface area (Å²) in [5, 5.41) is 4.25. The highest BCUT2D eigenvalue weighted by Gasteiger charge is 2.15. The van der Waals surface area contributed by atoms with E-state index in [2.05, 4.69) is 12.2 Å². The van der Waals surface area contributed by atoms with Crippen LogP contribution < -0.4 is 5.32 Å². The summed E-state index contributed by atoms with van der Waals surface area (Å²) < 4.78 is 13.3. The SMILES string of the molecule is CCCNC(c1cccc(Cl)c1)c1ccc(F)c(Cl)c1. The van der Waals surface area contributed by atoms with Gasteiger partial charge in [0.15, 0.2) is 0 Å². The molecule has 0 aliphatic carbocycles. The highest BCUT2D eigenvalue weighted by atomic mass is 35.5. The van der Waals surface area contributed by atoms with Crippen LogP contribution in [0.1, 0.15) is 30.5 Å². The van der Waals surface area contributed by atoms with Crippen molar-refractivity contribution in [2.45, 2.75) is 19.4 Å². The summed E-state index contributed by atoms with van der Waals surface area (Å²) in [6.45, 7) is 2.95. The van der Waals surface area contributed by atoms with Gasteiger partial charge >= 0.3 is 0 Å². The van der Waals surface area contributed by atoms with Gasteiger partial charge in [0.2, 0.25) is 0 Å². The fourth-order valence-electron chi connectivity index (χ4n) is 2.09. The Kier molecular flexibility index (Phi) is 5.41. The van der Waals surface area contributed by atoms with Crippen LogP contribution in [-0.2, 0) is 0 Å². The molecule has 0 aromatic heterocycles. The monoisotopic (exact) mass is 311 g/mol. The van der Waals surface area contributed by atoms with Crippen LogP contribution in [0.3, 0.4) is 0 Å². The smallest absolute Gasteiger partial charge is 0.141 e. The van der Waals surface area contributed by atoms with Gasteiger partial charge in [0.25, 0.3) is 0 Å². The second-order valence-corrected chi connectivity index (χ2v) is 5.46. The van der Waals surface area contributed by atoms with Crippen molar-refractivity contribution in [3.05, 3.63) is 69.5 Å². The van der Waals surface area contributed by atoms with Crippen LogP contribution in [0.15, 0.2) is 42.5 Å². The van der Waals surface area contributed by atoms with Gasteiger partial charge in [-0.2, -0.15) is 0 Å². The zero-order valence-electron chi connectivity index (χ0n) is 11.2. The molecule has 0 aliphatic heterocycles. The molecule has 2 aromatic rings. The lowest BCUT2D eigenvalue weighted by atomic mass is 9.98. The van der Waals surface area contributed by atoms with E-state index in [1.54, 1.807) is 12.1 Å². The first-order valence-corrected chi connectivity index (χ1v) is 7.31. The van der Waals surface area contributed by atoms with Crippen molar-refractivity contribution >= 4 is 23.2 Å². The first-order chi connectivity index (χ1) is 9.61. The number of hydrogen-bond acceptors (Lipinski definition) is 1. The molecule has 2 aromatic carbocycles. The minimum Gasteiger partial charge on any atom is -0.306 e. The van der Waals surface area contributed by atoms with Crippen LogP contribution in [0.5, 0.6) is 0 Å². The van der Waals surface area contributed by atoms with Crippen molar-refractivity contribution in [2.75, 3.05) is 6.54 Å².